The molecular formula is C11H13F2NO2. The molecule has 5 heteroatoms. The highest BCUT2D eigenvalue weighted by molar-refractivity contribution is 5.95. The zero-order valence-electron chi connectivity index (χ0n) is 9.27. The second-order valence-electron chi connectivity index (χ2n) is 4.49. The van der Waals surface area contributed by atoms with Crippen molar-refractivity contribution in [2.75, 3.05) is 0 Å². The first-order valence-electron chi connectivity index (χ1n) is 4.71. The molecule has 0 saturated carbocycles. The maximum Gasteiger partial charge on any atom is 0.257 e. The molecule has 0 aliphatic carbocycles. The Balaban J connectivity index is 3.10. The summed E-state index contributed by atoms with van der Waals surface area (Å²) >= 11 is 0. The lowest BCUT2D eigenvalue weighted by molar-refractivity contribution is 0.0911. The van der Waals surface area contributed by atoms with Gasteiger partial charge in [-0.25, -0.2) is 8.78 Å². The SMILES string of the molecule is CC(C)(C)NC(=O)c1c(F)cc(O)cc1F. The number of carbonyl (C=O) groups is 1. The summed E-state index contributed by atoms with van der Waals surface area (Å²) < 4.78 is 26.6. The van der Waals surface area contributed by atoms with Crippen LogP contribution in [-0.4, -0.2) is 16.6 Å². The molecule has 1 aromatic rings. The second kappa shape index (κ2) is 4.08. The molecule has 1 amide bonds. The van der Waals surface area contributed by atoms with Crippen molar-refractivity contribution in [3.63, 3.8) is 0 Å². The van der Waals surface area contributed by atoms with Crippen LogP contribution >= 0.6 is 0 Å². The van der Waals surface area contributed by atoms with E-state index in [-0.39, 0.29) is 0 Å². The molecule has 0 spiro atoms. The van der Waals surface area contributed by atoms with Crippen molar-refractivity contribution in [1.29, 1.82) is 0 Å². The number of hydrogen-bond donors (Lipinski definition) is 2. The van der Waals surface area contributed by atoms with Crippen LogP contribution in [-0.2, 0) is 0 Å². The minimum absolute atomic E-state index is 0.553. The molecule has 0 fully saturated rings. The lowest BCUT2D eigenvalue weighted by Gasteiger charge is -2.20. The largest absolute Gasteiger partial charge is 0.508 e. The average molecular weight is 229 g/mol. The molecule has 3 nitrogen and oxygen atoms in total. The maximum absolute atomic E-state index is 13.3. The first-order valence-corrected chi connectivity index (χ1v) is 4.71. The van der Waals surface area contributed by atoms with Crippen LogP contribution in [0.3, 0.4) is 0 Å². The third-order valence-corrected chi connectivity index (χ3v) is 1.74. The Morgan fingerprint density at radius 2 is 1.69 bits per heavy atom. The van der Waals surface area contributed by atoms with Crippen LogP contribution in [0.15, 0.2) is 12.1 Å². The van der Waals surface area contributed by atoms with Gasteiger partial charge in [0.05, 0.1) is 0 Å². The van der Waals surface area contributed by atoms with Gasteiger partial charge in [0.1, 0.15) is 22.9 Å². The Kier molecular flexibility index (Phi) is 3.16. The van der Waals surface area contributed by atoms with Crippen LogP contribution in [0.5, 0.6) is 5.75 Å². The summed E-state index contributed by atoms with van der Waals surface area (Å²) in [7, 11) is 0. The highest BCUT2D eigenvalue weighted by Crippen LogP contribution is 2.20. The molecule has 0 bridgehead atoms. The Labute approximate surface area is 92.1 Å². The van der Waals surface area contributed by atoms with Gasteiger partial charge in [-0.1, -0.05) is 0 Å². The summed E-state index contributed by atoms with van der Waals surface area (Å²) in [5, 5.41) is 11.4. The number of phenols is 1. The van der Waals surface area contributed by atoms with Gasteiger partial charge in [0, 0.05) is 17.7 Å². The highest BCUT2D eigenvalue weighted by Gasteiger charge is 2.22. The normalized spacial score (nSPS) is 11.3. The minimum atomic E-state index is -1.08. The first-order chi connectivity index (χ1) is 7.20. The molecule has 1 aromatic carbocycles. The zero-order valence-corrected chi connectivity index (χ0v) is 9.27. The number of halogens is 2. The van der Waals surface area contributed by atoms with Crippen LogP contribution in [0, 0.1) is 11.6 Å². The molecule has 2 N–H and O–H groups in total. The molecular weight excluding hydrogens is 216 g/mol. The molecule has 0 aliphatic heterocycles. The number of phenolic OH excluding ortho intramolecular Hbond substituents is 1. The molecule has 0 atom stereocenters. The van der Waals surface area contributed by atoms with Gasteiger partial charge in [-0.2, -0.15) is 0 Å². The van der Waals surface area contributed by atoms with Crippen LogP contribution in [0.25, 0.3) is 0 Å². The summed E-state index contributed by atoms with van der Waals surface area (Å²) in [5.41, 5.74) is -1.28. The number of carbonyl (C=O) groups excluding carboxylic acids is 1. The fourth-order valence-electron chi connectivity index (χ4n) is 1.18. The molecule has 16 heavy (non-hydrogen) atoms. The van der Waals surface area contributed by atoms with E-state index in [0.717, 1.165) is 0 Å². The van der Waals surface area contributed by atoms with E-state index in [9.17, 15) is 13.6 Å². The molecule has 0 heterocycles. The third kappa shape index (κ3) is 2.92. The van der Waals surface area contributed by atoms with Crippen molar-refractivity contribution in [2.45, 2.75) is 26.3 Å². The van der Waals surface area contributed by atoms with Crippen molar-refractivity contribution >= 4 is 5.91 Å². The van der Waals surface area contributed by atoms with Gasteiger partial charge >= 0.3 is 0 Å². The summed E-state index contributed by atoms with van der Waals surface area (Å²) in [5.74, 6) is -3.57. The predicted octanol–water partition coefficient (Wildman–Crippen LogP) is 2.20. The number of benzene rings is 1. The van der Waals surface area contributed by atoms with Crippen molar-refractivity contribution in [2.24, 2.45) is 0 Å². The fourth-order valence-corrected chi connectivity index (χ4v) is 1.18. The van der Waals surface area contributed by atoms with Gasteiger partial charge in [-0.3, -0.25) is 4.79 Å². The van der Waals surface area contributed by atoms with Crippen molar-refractivity contribution in [3.8, 4) is 5.75 Å². The fraction of sp³-hybridized carbons (Fsp3) is 0.364. The van der Waals surface area contributed by atoms with Gasteiger partial charge < -0.3 is 10.4 Å². The van der Waals surface area contributed by atoms with Crippen molar-refractivity contribution < 1.29 is 18.7 Å². The Hall–Kier alpha value is -1.65. The lowest BCUT2D eigenvalue weighted by atomic mass is 10.1. The topological polar surface area (TPSA) is 49.3 Å². The standard InChI is InChI=1S/C11H13F2NO2/c1-11(2,3)14-10(16)9-7(12)4-6(15)5-8(9)13/h4-5,15H,1-3H3,(H,14,16). The van der Waals surface area contributed by atoms with Gasteiger partial charge in [0.15, 0.2) is 0 Å². The van der Waals surface area contributed by atoms with E-state index in [4.69, 9.17) is 5.11 Å². The van der Waals surface area contributed by atoms with E-state index in [2.05, 4.69) is 5.32 Å². The summed E-state index contributed by atoms with van der Waals surface area (Å²) in [4.78, 5) is 11.5. The van der Waals surface area contributed by atoms with E-state index in [1.54, 1.807) is 20.8 Å². The summed E-state index contributed by atoms with van der Waals surface area (Å²) in [6.45, 7) is 5.09. The second-order valence-corrected chi connectivity index (χ2v) is 4.49. The van der Waals surface area contributed by atoms with E-state index in [1.807, 2.05) is 0 Å². The number of aromatic hydroxyl groups is 1. The molecule has 0 aromatic heterocycles. The number of hydrogen-bond acceptors (Lipinski definition) is 2. The third-order valence-electron chi connectivity index (χ3n) is 1.74. The zero-order chi connectivity index (χ0) is 12.5. The Morgan fingerprint density at radius 1 is 1.25 bits per heavy atom. The monoisotopic (exact) mass is 229 g/mol. The first kappa shape index (κ1) is 12.4. The number of amides is 1. The van der Waals surface area contributed by atoms with E-state index >= 15 is 0 Å². The van der Waals surface area contributed by atoms with Crippen LogP contribution in [0.4, 0.5) is 8.78 Å². The van der Waals surface area contributed by atoms with Crippen molar-refractivity contribution in [3.05, 3.63) is 29.3 Å². The summed E-state index contributed by atoms with van der Waals surface area (Å²) in [6.07, 6.45) is 0. The van der Waals surface area contributed by atoms with Crippen LogP contribution < -0.4 is 5.32 Å². The summed E-state index contributed by atoms with van der Waals surface area (Å²) in [6, 6.07) is 1.39. The number of nitrogens with one attached hydrogen (secondary N) is 1. The Bertz CT molecular complexity index is 401. The van der Waals surface area contributed by atoms with Gasteiger partial charge in [-0.05, 0) is 20.8 Å². The van der Waals surface area contributed by atoms with Gasteiger partial charge in [-0.15, -0.1) is 0 Å². The molecule has 0 saturated heterocycles. The van der Waals surface area contributed by atoms with E-state index < -0.39 is 34.4 Å². The molecule has 0 unspecified atom stereocenters. The van der Waals surface area contributed by atoms with Crippen molar-refractivity contribution in [1.82, 2.24) is 5.32 Å². The van der Waals surface area contributed by atoms with Crippen LogP contribution in [0.2, 0.25) is 0 Å². The van der Waals surface area contributed by atoms with E-state index in [1.165, 1.54) is 0 Å². The lowest BCUT2D eigenvalue weighted by Crippen LogP contribution is -2.41. The molecule has 0 radical (unpaired) electrons. The van der Waals surface area contributed by atoms with E-state index in [0.29, 0.717) is 12.1 Å². The smallest absolute Gasteiger partial charge is 0.257 e. The molecule has 1 rings (SSSR count). The van der Waals surface area contributed by atoms with Gasteiger partial charge in [0.25, 0.3) is 5.91 Å². The number of rotatable bonds is 1. The maximum atomic E-state index is 13.3. The average Bonchev–Trinajstić information content (AvgIpc) is 1.96. The molecule has 88 valence electrons. The quantitative estimate of drug-likeness (QED) is 0.775. The molecule has 0 aliphatic rings. The predicted molar refractivity (Wildman–Crippen MR) is 55.2 cm³/mol. The minimum Gasteiger partial charge on any atom is -0.508 e. The van der Waals surface area contributed by atoms with Gasteiger partial charge in [0.2, 0.25) is 0 Å². The highest BCUT2D eigenvalue weighted by atomic mass is 19.1. The Morgan fingerprint density at radius 3 is 2.06 bits per heavy atom. The van der Waals surface area contributed by atoms with Crippen LogP contribution in [0.1, 0.15) is 31.1 Å².